The van der Waals surface area contributed by atoms with Crippen LogP contribution in [0.2, 0.25) is 0 Å². The molecule has 0 spiro atoms. The number of aromatic nitrogens is 2. The van der Waals surface area contributed by atoms with Gasteiger partial charge in [0.25, 0.3) is 0 Å². The highest BCUT2D eigenvalue weighted by Crippen LogP contribution is 2.44. The molecular formula is C19H21N3O2. The van der Waals surface area contributed by atoms with E-state index >= 15 is 0 Å². The van der Waals surface area contributed by atoms with E-state index in [9.17, 15) is 0 Å². The van der Waals surface area contributed by atoms with Gasteiger partial charge in [0.15, 0.2) is 11.5 Å². The molecule has 1 aromatic heterocycles. The number of hydrogen-bond donors (Lipinski definition) is 0. The summed E-state index contributed by atoms with van der Waals surface area (Å²) in [6.07, 6.45) is 9.97. The van der Waals surface area contributed by atoms with E-state index < -0.39 is 0 Å². The first-order valence-corrected chi connectivity index (χ1v) is 8.42. The highest BCUT2D eigenvalue weighted by molar-refractivity contribution is 6.13. The number of methoxy groups -OCH3 is 2. The van der Waals surface area contributed by atoms with E-state index in [1.165, 1.54) is 24.8 Å². The van der Waals surface area contributed by atoms with E-state index in [0.717, 1.165) is 34.9 Å². The van der Waals surface area contributed by atoms with Crippen LogP contribution in [-0.2, 0) is 0 Å². The lowest BCUT2D eigenvalue weighted by atomic mass is 9.75. The van der Waals surface area contributed by atoms with Crippen LogP contribution in [0.1, 0.15) is 48.4 Å². The Balaban J connectivity index is 1.91. The Kier molecular flexibility index (Phi) is 3.92. The maximum atomic E-state index is 5.53. The zero-order valence-corrected chi connectivity index (χ0v) is 14.0. The first kappa shape index (κ1) is 15.1. The third-order valence-electron chi connectivity index (χ3n) is 5.04. The Labute approximate surface area is 141 Å². The fourth-order valence-corrected chi connectivity index (χ4v) is 3.90. The van der Waals surface area contributed by atoms with Crippen LogP contribution in [0.25, 0.3) is 0 Å². The molecule has 0 saturated heterocycles. The molecule has 1 fully saturated rings. The highest BCUT2D eigenvalue weighted by Gasteiger charge is 2.34. The lowest BCUT2D eigenvalue weighted by molar-refractivity contribution is 0.349. The Morgan fingerprint density at radius 2 is 1.79 bits per heavy atom. The van der Waals surface area contributed by atoms with E-state index in [4.69, 9.17) is 14.5 Å². The number of hydrogen-bond acceptors (Lipinski definition) is 5. The minimum absolute atomic E-state index is 0.321. The second-order valence-corrected chi connectivity index (χ2v) is 6.32. The SMILES string of the molecule is COc1cc2c(cc1OC)C1CCCCC1N=C2c1cnccn1. The molecule has 2 aliphatic rings. The van der Waals surface area contributed by atoms with Gasteiger partial charge in [-0.15, -0.1) is 0 Å². The van der Waals surface area contributed by atoms with Crippen molar-refractivity contribution in [2.24, 2.45) is 4.99 Å². The summed E-state index contributed by atoms with van der Waals surface area (Å²) >= 11 is 0. The lowest BCUT2D eigenvalue weighted by Crippen LogP contribution is -2.30. The van der Waals surface area contributed by atoms with Gasteiger partial charge < -0.3 is 9.47 Å². The van der Waals surface area contributed by atoms with Crippen LogP contribution in [0.5, 0.6) is 11.5 Å². The summed E-state index contributed by atoms with van der Waals surface area (Å²) in [6, 6.07) is 4.48. The molecule has 2 heterocycles. The molecular weight excluding hydrogens is 302 g/mol. The summed E-state index contributed by atoms with van der Waals surface area (Å²) in [4.78, 5) is 13.7. The summed E-state index contributed by atoms with van der Waals surface area (Å²) in [6.45, 7) is 0. The molecule has 1 saturated carbocycles. The summed E-state index contributed by atoms with van der Waals surface area (Å²) in [5.41, 5.74) is 4.13. The van der Waals surface area contributed by atoms with Crippen LogP contribution in [0, 0.1) is 0 Å². The molecule has 5 nitrogen and oxygen atoms in total. The van der Waals surface area contributed by atoms with Crippen LogP contribution in [0.4, 0.5) is 0 Å². The quantitative estimate of drug-likeness (QED) is 0.869. The molecule has 2 aromatic rings. The van der Waals surface area contributed by atoms with E-state index in [1.807, 2.05) is 6.07 Å². The van der Waals surface area contributed by atoms with Crippen molar-refractivity contribution in [2.75, 3.05) is 14.2 Å². The average molecular weight is 323 g/mol. The van der Waals surface area contributed by atoms with Crippen molar-refractivity contribution in [1.29, 1.82) is 0 Å². The van der Waals surface area contributed by atoms with Crippen molar-refractivity contribution in [3.8, 4) is 11.5 Å². The summed E-state index contributed by atoms with van der Waals surface area (Å²) in [5.74, 6) is 1.96. The van der Waals surface area contributed by atoms with E-state index in [0.29, 0.717) is 12.0 Å². The van der Waals surface area contributed by atoms with E-state index in [2.05, 4.69) is 16.0 Å². The molecule has 1 aromatic carbocycles. The number of fused-ring (bicyclic) bond motifs is 3. The van der Waals surface area contributed by atoms with Gasteiger partial charge in [-0.05, 0) is 30.5 Å². The standard InChI is InChI=1S/C19H21N3O2/c1-23-17-9-13-12-5-3-4-6-15(12)22-19(14(13)10-18(17)24-2)16-11-20-7-8-21-16/h7-12,15H,3-6H2,1-2H3. The van der Waals surface area contributed by atoms with Gasteiger partial charge in [0.2, 0.25) is 0 Å². The third-order valence-corrected chi connectivity index (χ3v) is 5.04. The smallest absolute Gasteiger partial charge is 0.161 e. The van der Waals surface area contributed by atoms with Crippen molar-refractivity contribution in [2.45, 2.75) is 37.6 Å². The fraction of sp³-hybridized carbons (Fsp3) is 0.421. The van der Waals surface area contributed by atoms with Crippen molar-refractivity contribution >= 4 is 5.71 Å². The fourth-order valence-electron chi connectivity index (χ4n) is 3.90. The molecule has 4 rings (SSSR count). The van der Waals surface area contributed by atoms with Gasteiger partial charge in [-0.1, -0.05) is 12.8 Å². The van der Waals surface area contributed by atoms with Gasteiger partial charge in [-0.3, -0.25) is 15.0 Å². The van der Waals surface area contributed by atoms with Crippen LogP contribution in [0.3, 0.4) is 0 Å². The minimum atomic E-state index is 0.321. The number of aliphatic imine (C=N–C) groups is 1. The Hall–Kier alpha value is -2.43. The molecule has 1 aliphatic heterocycles. The number of rotatable bonds is 3. The van der Waals surface area contributed by atoms with Crippen molar-refractivity contribution in [3.63, 3.8) is 0 Å². The third kappa shape index (κ3) is 2.44. The van der Waals surface area contributed by atoms with Crippen molar-refractivity contribution in [3.05, 3.63) is 47.5 Å². The summed E-state index contributed by atoms with van der Waals surface area (Å²) in [7, 11) is 3.35. The first-order chi connectivity index (χ1) is 11.8. The highest BCUT2D eigenvalue weighted by atomic mass is 16.5. The molecule has 0 bridgehead atoms. The number of ether oxygens (including phenoxy) is 2. The average Bonchev–Trinajstić information content (AvgIpc) is 2.66. The van der Waals surface area contributed by atoms with Crippen LogP contribution in [0.15, 0.2) is 35.7 Å². The van der Waals surface area contributed by atoms with Gasteiger partial charge in [0.05, 0.1) is 32.2 Å². The Morgan fingerprint density at radius 1 is 1.00 bits per heavy atom. The van der Waals surface area contributed by atoms with Crippen molar-refractivity contribution < 1.29 is 9.47 Å². The monoisotopic (exact) mass is 323 g/mol. The number of benzene rings is 1. The topological polar surface area (TPSA) is 56.6 Å². The van der Waals surface area contributed by atoms with Crippen LogP contribution in [-0.4, -0.2) is 35.9 Å². The molecule has 0 amide bonds. The maximum absolute atomic E-state index is 5.53. The first-order valence-electron chi connectivity index (χ1n) is 8.42. The van der Waals surface area contributed by atoms with Gasteiger partial charge in [0, 0.05) is 23.9 Å². The second kappa shape index (κ2) is 6.23. The molecule has 24 heavy (non-hydrogen) atoms. The molecule has 2 unspecified atom stereocenters. The maximum Gasteiger partial charge on any atom is 0.161 e. The second-order valence-electron chi connectivity index (χ2n) is 6.32. The van der Waals surface area contributed by atoms with E-state index in [-0.39, 0.29) is 0 Å². The molecule has 5 heteroatoms. The number of nitrogens with zero attached hydrogens (tertiary/aromatic N) is 3. The van der Waals surface area contributed by atoms with Gasteiger partial charge in [0.1, 0.15) is 5.69 Å². The lowest BCUT2D eigenvalue weighted by Gasteiger charge is -2.35. The summed E-state index contributed by atoms with van der Waals surface area (Å²) in [5, 5.41) is 0. The van der Waals surface area contributed by atoms with Crippen molar-refractivity contribution in [1.82, 2.24) is 9.97 Å². The van der Waals surface area contributed by atoms with Crippen LogP contribution >= 0.6 is 0 Å². The predicted molar refractivity (Wildman–Crippen MR) is 92.2 cm³/mol. The molecule has 0 radical (unpaired) electrons. The molecule has 2 atom stereocenters. The van der Waals surface area contributed by atoms with E-state index in [1.54, 1.807) is 32.8 Å². The predicted octanol–water partition coefficient (Wildman–Crippen LogP) is 3.37. The molecule has 0 N–H and O–H groups in total. The normalized spacial score (nSPS) is 22.2. The Bertz CT molecular complexity index is 774. The summed E-state index contributed by atoms with van der Waals surface area (Å²) < 4.78 is 11.0. The van der Waals surface area contributed by atoms with Gasteiger partial charge >= 0.3 is 0 Å². The van der Waals surface area contributed by atoms with Gasteiger partial charge in [-0.2, -0.15) is 0 Å². The minimum Gasteiger partial charge on any atom is -0.493 e. The molecule has 124 valence electrons. The van der Waals surface area contributed by atoms with Crippen LogP contribution < -0.4 is 9.47 Å². The largest absolute Gasteiger partial charge is 0.493 e. The zero-order chi connectivity index (χ0) is 16.5. The molecule has 1 aliphatic carbocycles. The zero-order valence-electron chi connectivity index (χ0n) is 14.0. The van der Waals surface area contributed by atoms with Gasteiger partial charge in [-0.25, -0.2) is 0 Å². The Morgan fingerprint density at radius 3 is 2.54 bits per heavy atom.